The summed E-state index contributed by atoms with van der Waals surface area (Å²) in [4.78, 5) is 48.6. The summed E-state index contributed by atoms with van der Waals surface area (Å²) in [6.07, 6.45) is 5.90. The molecular weight excluding hydrogens is 408 g/mol. The highest BCUT2D eigenvalue weighted by Gasteiger charge is 2.36. The van der Waals surface area contributed by atoms with E-state index in [1.807, 2.05) is 24.3 Å². The average molecular weight is 430 g/mol. The zero-order valence-electron chi connectivity index (χ0n) is 17.2. The quantitative estimate of drug-likeness (QED) is 0.401. The van der Waals surface area contributed by atoms with E-state index in [2.05, 4.69) is 20.3 Å². The number of rotatable bonds is 6. The molecule has 3 heterocycles. The van der Waals surface area contributed by atoms with Crippen molar-refractivity contribution in [1.29, 1.82) is 0 Å². The maximum Gasteiger partial charge on any atom is 0.256 e. The Morgan fingerprint density at radius 2 is 2.03 bits per heavy atom. The third-order valence-electron chi connectivity index (χ3n) is 6.18. The second-order valence-electron chi connectivity index (χ2n) is 8.13. The number of fused-ring (bicyclic) bond motifs is 2. The van der Waals surface area contributed by atoms with Crippen LogP contribution < -0.4 is 16.6 Å². The van der Waals surface area contributed by atoms with E-state index in [-0.39, 0.29) is 23.9 Å². The molecule has 9 nitrogen and oxygen atoms in total. The lowest BCUT2D eigenvalue weighted by Crippen LogP contribution is -2.44. The van der Waals surface area contributed by atoms with Gasteiger partial charge in [0.15, 0.2) is 5.82 Å². The fraction of sp³-hybridized carbons (Fsp3) is 0.261. The lowest BCUT2D eigenvalue weighted by molar-refractivity contribution is -0.137. The van der Waals surface area contributed by atoms with Crippen molar-refractivity contribution < 1.29 is 9.59 Å². The summed E-state index contributed by atoms with van der Waals surface area (Å²) < 4.78 is 1.55. The van der Waals surface area contributed by atoms with Crippen LogP contribution in [0.1, 0.15) is 24.8 Å². The molecule has 0 spiro atoms. The molecule has 1 atom stereocenters. The third-order valence-corrected chi connectivity index (χ3v) is 6.18. The molecule has 1 aliphatic carbocycles. The Morgan fingerprint density at radius 3 is 2.78 bits per heavy atom. The molecule has 32 heavy (non-hydrogen) atoms. The van der Waals surface area contributed by atoms with Crippen molar-refractivity contribution in [1.82, 2.24) is 24.8 Å². The van der Waals surface area contributed by atoms with Gasteiger partial charge in [-0.3, -0.25) is 19.0 Å². The molecule has 4 N–H and O–H groups in total. The van der Waals surface area contributed by atoms with Gasteiger partial charge in [-0.05, 0) is 54.0 Å². The molecule has 5 rings (SSSR count). The fourth-order valence-corrected chi connectivity index (χ4v) is 4.31. The Hall–Kier alpha value is -4.01. The molecule has 9 heteroatoms. The summed E-state index contributed by atoms with van der Waals surface area (Å²) in [5.74, 6) is -1.15. The van der Waals surface area contributed by atoms with Gasteiger partial charge in [0.05, 0.1) is 10.9 Å². The summed E-state index contributed by atoms with van der Waals surface area (Å²) in [7, 11) is 0. The molecule has 1 aliphatic rings. The number of pyridine rings is 1. The van der Waals surface area contributed by atoms with Gasteiger partial charge in [0.25, 0.3) is 5.56 Å². The zero-order chi connectivity index (χ0) is 22.2. The molecular formula is C23H22N6O3. The van der Waals surface area contributed by atoms with E-state index in [0.717, 1.165) is 35.6 Å². The second kappa shape index (κ2) is 7.92. The van der Waals surface area contributed by atoms with E-state index < -0.39 is 11.8 Å². The van der Waals surface area contributed by atoms with Gasteiger partial charge in [0.2, 0.25) is 11.8 Å². The minimum Gasteiger partial charge on any atom is -0.369 e. The number of H-pyrrole nitrogens is 1. The number of hydrogen-bond donors (Lipinski definition) is 3. The molecule has 0 saturated heterocycles. The van der Waals surface area contributed by atoms with Crippen LogP contribution in [-0.4, -0.2) is 31.3 Å². The number of nitrogens with one attached hydrogen (secondary N) is 2. The highest BCUT2D eigenvalue weighted by Crippen LogP contribution is 2.33. The van der Waals surface area contributed by atoms with Crippen LogP contribution in [0, 0.1) is 11.8 Å². The highest BCUT2D eigenvalue weighted by atomic mass is 16.2. The number of nitrogens with zero attached hydrogens (tertiary/aromatic N) is 3. The maximum absolute atomic E-state index is 12.7. The minimum atomic E-state index is -0.782. The van der Waals surface area contributed by atoms with Crippen molar-refractivity contribution in [3.63, 3.8) is 0 Å². The summed E-state index contributed by atoms with van der Waals surface area (Å²) in [6.45, 7) is 0.264. The Morgan fingerprint density at radius 1 is 1.19 bits per heavy atom. The Kier molecular flexibility index (Phi) is 4.93. The molecule has 1 fully saturated rings. The molecule has 162 valence electrons. The Bertz CT molecular complexity index is 1400. The third kappa shape index (κ3) is 3.41. The van der Waals surface area contributed by atoms with Gasteiger partial charge in [-0.1, -0.05) is 12.5 Å². The number of hydrogen-bond acceptors (Lipinski definition) is 5. The van der Waals surface area contributed by atoms with Crippen LogP contribution in [0.15, 0.2) is 53.7 Å². The van der Waals surface area contributed by atoms with Gasteiger partial charge in [0, 0.05) is 18.8 Å². The van der Waals surface area contributed by atoms with Crippen molar-refractivity contribution in [3.05, 3.63) is 64.8 Å². The minimum absolute atomic E-state index is 0.0386. The molecule has 4 aromatic rings. The first-order valence-electron chi connectivity index (χ1n) is 10.5. The molecule has 3 aromatic heterocycles. The average Bonchev–Trinajstić information content (AvgIpc) is 3.23. The van der Waals surface area contributed by atoms with E-state index in [1.54, 1.807) is 16.8 Å². The summed E-state index contributed by atoms with van der Waals surface area (Å²) >= 11 is 0. The molecule has 1 unspecified atom stereocenters. The Labute approximate surface area is 182 Å². The van der Waals surface area contributed by atoms with Crippen LogP contribution >= 0.6 is 0 Å². The first-order chi connectivity index (χ1) is 15.5. The van der Waals surface area contributed by atoms with E-state index >= 15 is 0 Å². The van der Waals surface area contributed by atoms with Crippen LogP contribution in [0.5, 0.6) is 0 Å². The van der Waals surface area contributed by atoms with E-state index in [9.17, 15) is 14.4 Å². The van der Waals surface area contributed by atoms with Gasteiger partial charge in [-0.25, -0.2) is 9.97 Å². The van der Waals surface area contributed by atoms with Crippen molar-refractivity contribution in [2.24, 2.45) is 17.6 Å². The lowest BCUT2D eigenvalue weighted by atomic mass is 9.75. The van der Waals surface area contributed by atoms with Crippen LogP contribution in [0.4, 0.5) is 0 Å². The van der Waals surface area contributed by atoms with Gasteiger partial charge in [-0.2, -0.15) is 0 Å². The maximum atomic E-state index is 12.7. The standard InChI is InChI=1S/C23H22N6O3/c24-20(31)19(14-2-1-3-14)23(32)26-11-13-4-6-17-15(10-13)5-7-18(30)29(17)22-16-8-9-25-21(16)27-12-28-22/h4-10,12,14,19H,1-3,11H2,(H2,24,31)(H,26,32)(H,25,27,28). The molecule has 1 saturated carbocycles. The number of carbonyl (C=O) groups is 2. The summed E-state index contributed by atoms with van der Waals surface area (Å²) in [6, 6.07) is 10.6. The van der Waals surface area contributed by atoms with E-state index in [4.69, 9.17) is 5.73 Å². The molecule has 1 aromatic carbocycles. The summed E-state index contributed by atoms with van der Waals surface area (Å²) in [5.41, 5.74) is 7.45. The topological polar surface area (TPSA) is 136 Å². The SMILES string of the molecule is NC(=O)C(C(=O)NCc1ccc2c(ccc(=O)n2-c2ncnc3[nH]ccc23)c1)C1CCC1. The number of aromatic amines is 1. The van der Waals surface area contributed by atoms with Crippen LogP contribution in [0.2, 0.25) is 0 Å². The van der Waals surface area contributed by atoms with Gasteiger partial charge in [-0.15, -0.1) is 0 Å². The number of primary amides is 1. The normalized spacial score (nSPS) is 14.9. The van der Waals surface area contributed by atoms with Gasteiger partial charge >= 0.3 is 0 Å². The van der Waals surface area contributed by atoms with Crippen molar-refractivity contribution in [3.8, 4) is 5.82 Å². The number of nitrogens with two attached hydrogens (primary N) is 1. The summed E-state index contributed by atoms with van der Waals surface area (Å²) in [5, 5.41) is 4.41. The van der Waals surface area contributed by atoms with Crippen molar-refractivity contribution in [2.45, 2.75) is 25.8 Å². The van der Waals surface area contributed by atoms with Crippen molar-refractivity contribution >= 4 is 33.8 Å². The van der Waals surface area contributed by atoms with E-state index in [1.165, 1.54) is 12.4 Å². The Balaban J connectivity index is 1.45. The first-order valence-corrected chi connectivity index (χ1v) is 10.5. The number of carbonyl (C=O) groups excluding carboxylic acids is 2. The van der Waals surface area contributed by atoms with Crippen LogP contribution in [-0.2, 0) is 16.1 Å². The van der Waals surface area contributed by atoms with Crippen LogP contribution in [0.25, 0.3) is 27.8 Å². The molecule has 0 aliphatic heterocycles. The monoisotopic (exact) mass is 430 g/mol. The number of amides is 2. The highest BCUT2D eigenvalue weighted by molar-refractivity contribution is 6.00. The fourth-order valence-electron chi connectivity index (χ4n) is 4.31. The largest absolute Gasteiger partial charge is 0.369 e. The van der Waals surface area contributed by atoms with Crippen molar-refractivity contribution in [2.75, 3.05) is 0 Å². The smallest absolute Gasteiger partial charge is 0.256 e. The second-order valence-corrected chi connectivity index (χ2v) is 8.13. The molecule has 2 amide bonds. The van der Waals surface area contributed by atoms with Gasteiger partial charge < -0.3 is 16.0 Å². The molecule has 0 radical (unpaired) electrons. The predicted molar refractivity (Wildman–Crippen MR) is 119 cm³/mol. The van der Waals surface area contributed by atoms with Gasteiger partial charge in [0.1, 0.15) is 17.9 Å². The zero-order valence-corrected chi connectivity index (χ0v) is 17.2. The number of benzene rings is 1. The predicted octanol–water partition coefficient (Wildman–Crippen LogP) is 1.78. The first kappa shape index (κ1) is 19.9. The number of aromatic nitrogens is 4. The van der Waals surface area contributed by atoms with Crippen LogP contribution in [0.3, 0.4) is 0 Å². The lowest BCUT2D eigenvalue weighted by Gasteiger charge is -2.30. The molecule has 0 bridgehead atoms. The van der Waals surface area contributed by atoms with E-state index in [0.29, 0.717) is 17.0 Å².